The Hall–Kier alpha value is -2.59. The molecule has 2 N–H and O–H groups in total. The van der Waals surface area contributed by atoms with Gasteiger partial charge >= 0.3 is 0 Å². The Morgan fingerprint density at radius 1 is 1.10 bits per heavy atom. The minimum atomic E-state index is -0.543. The molecule has 2 aromatic carbocycles. The number of carbonyl (C=O) groups is 1. The number of benzene rings is 2. The van der Waals surface area contributed by atoms with E-state index in [0.717, 1.165) is 5.56 Å². The van der Waals surface area contributed by atoms with E-state index >= 15 is 0 Å². The predicted molar refractivity (Wildman–Crippen MR) is 79.5 cm³/mol. The Kier molecular flexibility index (Phi) is 3.46. The van der Waals surface area contributed by atoms with Gasteiger partial charge in [0.15, 0.2) is 5.78 Å². The maximum Gasteiger partial charge on any atom is 0.196 e. The molecule has 1 heterocycles. The number of hydrogen-bond acceptors (Lipinski definition) is 3. The van der Waals surface area contributed by atoms with Crippen LogP contribution in [0.1, 0.15) is 21.5 Å². The zero-order chi connectivity index (χ0) is 14.8. The van der Waals surface area contributed by atoms with E-state index in [9.17, 15) is 9.18 Å². The van der Waals surface area contributed by atoms with Crippen molar-refractivity contribution in [1.82, 2.24) is 4.98 Å². The second-order valence-electron chi connectivity index (χ2n) is 4.72. The molecule has 0 atom stereocenters. The van der Waals surface area contributed by atoms with Gasteiger partial charge < -0.3 is 5.73 Å². The summed E-state index contributed by atoms with van der Waals surface area (Å²) in [4.78, 5) is 16.8. The van der Waals surface area contributed by atoms with Gasteiger partial charge in [0.25, 0.3) is 0 Å². The fourth-order valence-corrected chi connectivity index (χ4v) is 2.31. The van der Waals surface area contributed by atoms with Crippen LogP contribution in [0.5, 0.6) is 0 Å². The van der Waals surface area contributed by atoms with E-state index in [-0.39, 0.29) is 17.9 Å². The van der Waals surface area contributed by atoms with Gasteiger partial charge in [-0.1, -0.05) is 24.3 Å². The summed E-state index contributed by atoms with van der Waals surface area (Å²) in [6.45, 7) is 0.262. The number of nitrogens with zero attached hydrogens (tertiary/aromatic N) is 1. The van der Waals surface area contributed by atoms with Crippen LogP contribution in [-0.4, -0.2) is 10.8 Å². The zero-order valence-electron chi connectivity index (χ0n) is 11.2. The van der Waals surface area contributed by atoms with Crippen LogP contribution in [0.25, 0.3) is 10.9 Å². The summed E-state index contributed by atoms with van der Waals surface area (Å²) < 4.78 is 14.0. The van der Waals surface area contributed by atoms with Crippen LogP contribution in [-0.2, 0) is 6.54 Å². The molecule has 3 nitrogen and oxygen atoms in total. The lowest BCUT2D eigenvalue weighted by atomic mass is 9.98. The standard InChI is InChI=1S/C17H13FN2O/c18-15-6-5-11(10-19)9-14(15)17(21)13-7-8-20-16-4-2-1-3-12(13)16/h1-9H,10,19H2. The van der Waals surface area contributed by atoms with Gasteiger partial charge in [0.2, 0.25) is 0 Å². The lowest BCUT2D eigenvalue weighted by Gasteiger charge is -2.07. The van der Waals surface area contributed by atoms with Crippen molar-refractivity contribution < 1.29 is 9.18 Å². The van der Waals surface area contributed by atoms with E-state index in [1.165, 1.54) is 12.1 Å². The summed E-state index contributed by atoms with van der Waals surface area (Å²) in [5.41, 5.74) is 7.46. The van der Waals surface area contributed by atoms with Crippen molar-refractivity contribution in [2.45, 2.75) is 6.54 Å². The van der Waals surface area contributed by atoms with E-state index < -0.39 is 5.82 Å². The molecule has 0 fully saturated rings. The third kappa shape index (κ3) is 2.41. The highest BCUT2D eigenvalue weighted by Gasteiger charge is 2.17. The molecule has 0 unspecified atom stereocenters. The number of hydrogen-bond donors (Lipinski definition) is 1. The van der Waals surface area contributed by atoms with Crippen LogP contribution in [0, 0.1) is 5.82 Å². The largest absolute Gasteiger partial charge is 0.326 e. The first kappa shape index (κ1) is 13.4. The molecule has 0 aliphatic carbocycles. The summed E-state index contributed by atoms with van der Waals surface area (Å²) in [5, 5.41) is 0.711. The van der Waals surface area contributed by atoms with Crippen molar-refractivity contribution in [3.63, 3.8) is 0 Å². The molecule has 0 aliphatic heterocycles. The smallest absolute Gasteiger partial charge is 0.196 e. The molecule has 0 amide bonds. The Bertz CT molecular complexity index is 825. The number of aromatic nitrogens is 1. The first-order valence-corrected chi connectivity index (χ1v) is 6.57. The van der Waals surface area contributed by atoms with Gasteiger partial charge in [-0.25, -0.2) is 4.39 Å². The number of halogens is 1. The van der Waals surface area contributed by atoms with E-state index in [1.807, 2.05) is 18.2 Å². The van der Waals surface area contributed by atoms with E-state index in [2.05, 4.69) is 4.98 Å². The van der Waals surface area contributed by atoms with Crippen molar-refractivity contribution in [2.24, 2.45) is 5.73 Å². The maximum absolute atomic E-state index is 14.0. The van der Waals surface area contributed by atoms with Crippen LogP contribution in [0.15, 0.2) is 54.7 Å². The van der Waals surface area contributed by atoms with E-state index in [1.54, 1.807) is 24.4 Å². The molecule has 0 spiro atoms. The zero-order valence-corrected chi connectivity index (χ0v) is 11.2. The number of para-hydroxylation sites is 1. The van der Waals surface area contributed by atoms with E-state index in [0.29, 0.717) is 16.5 Å². The summed E-state index contributed by atoms with van der Waals surface area (Å²) in [5.74, 6) is -0.903. The SMILES string of the molecule is NCc1ccc(F)c(C(=O)c2ccnc3ccccc23)c1. The lowest BCUT2D eigenvalue weighted by molar-refractivity contribution is 0.103. The average Bonchev–Trinajstić information content (AvgIpc) is 2.54. The summed E-state index contributed by atoms with van der Waals surface area (Å²) in [6.07, 6.45) is 1.56. The first-order valence-electron chi connectivity index (χ1n) is 6.57. The van der Waals surface area contributed by atoms with Gasteiger partial charge in [-0.2, -0.15) is 0 Å². The molecule has 0 aliphatic rings. The number of ketones is 1. The fraction of sp³-hybridized carbons (Fsp3) is 0.0588. The van der Waals surface area contributed by atoms with Gasteiger partial charge in [0, 0.05) is 23.7 Å². The molecule has 21 heavy (non-hydrogen) atoms. The van der Waals surface area contributed by atoms with Crippen molar-refractivity contribution in [3.8, 4) is 0 Å². The van der Waals surface area contributed by atoms with Gasteiger partial charge in [-0.15, -0.1) is 0 Å². The Labute approximate surface area is 121 Å². The van der Waals surface area contributed by atoms with Crippen LogP contribution < -0.4 is 5.73 Å². The molecule has 104 valence electrons. The van der Waals surface area contributed by atoms with Crippen molar-refractivity contribution >= 4 is 16.7 Å². The van der Waals surface area contributed by atoms with Gasteiger partial charge in [-0.05, 0) is 29.8 Å². The third-order valence-corrected chi connectivity index (χ3v) is 3.40. The Morgan fingerprint density at radius 2 is 1.90 bits per heavy atom. The monoisotopic (exact) mass is 280 g/mol. The van der Waals surface area contributed by atoms with Crippen molar-refractivity contribution in [1.29, 1.82) is 0 Å². The summed E-state index contributed by atoms with van der Waals surface area (Å²) in [7, 11) is 0. The second-order valence-corrected chi connectivity index (χ2v) is 4.72. The first-order chi connectivity index (χ1) is 10.2. The molecule has 0 radical (unpaired) electrons. The summed E-state index contributed by atoms with van der Waals surface area (Å²) >= 11 is 0. The molecule has 0 saturated carbocycles. The van der Waals surface area contributed by atoms with Gasteiger partial charge in [-0.3, -0.25) is 9.78 Å². The fourth-order valence-electron chi connectivity index (χ4n) is 2.31. The molecule has 3 aromatic rings. The lowest BCUT2D eigenvalue weighted by Crippen LogP contribution is -2.07. The highest BCUT2D eigenvalue weighted by atomic mass is 19.1. The molecule has 4 heteroatoms. The van der Waals surface area contributed by atoms with Gasteiger partial charge in [0.05, 0.1) is 11.1 Å². The minimum Gasteiger partial charge on any atom is -0.326 e. The highest BCUT2D eigenvalue weighted by molar-refractivity contribution is 6.16. The third-order valence-electron chi connectivity index (χ3n) is 3.40. The molecular formula is C17H13FN2O. The average molecular weight is 280 g/mol. The summed E-state index contributed by atoms with van der Waals surface area (Å²) in [6, 6.07) is 13.3. The predicted octanol–water partition coefficient (Wildman–Crippen LogP) is 3.06. The quantitative estimate of drug-likeness (QED) is 0.750. The van der Waals surface area contributed by atoms with E-state index in [4.69, 9.17) is 5.73 Å². The topological polar surface area (TPSA) is 56.0 Å². The number of nitrogens with two attached hydrogens (primary N) is 1. The Balaban J connectivity index is 2.17. The molecule has 1 aromatic heterocycles. The molecule has 0 bridgehead atoms. The Morgan fingerprint density at radius 3 is 2.71 bits per heavy atom. The maximum atomic E-state index is 14.0. The van der Waals surface area contributed by atoms with Crippen LogP contribution >= 0.6 is 0 Å². The highest BCUT2D eigenvalue weighted by Crippen LogP contribution is 2.21. The number of fused-ring (bicyclic) bond motifs is 1. The minimum absolute atomic E-state index is 0.0364. The number of pyridine rings is 1. The van der Waals surface area contributed by atoms with Crippen molar-refractivity contribution in [2.75, 3.05) is 0 Å². The van der Waals surface area contributed by atoms with Crippen LogP contribution in [0.2, 0.25) is 0 Å². The van der Waals surface area contributed by atoms with Crippen LogP contribution in [0.3, 0.4) is 0 Å². The van der Waals surface area contributed by atoms with Crippen molar-refractivity contribution in [3.05, 3.63) is 77.2 Å². The molecule has 3 rings (SSSR count). The second kappa shape index (κ2) is 5.42. The number of carbonyl (C=O) groups excluding carboxylic acids is 1. The normalized spacial score (nSPS) is 10.8. The molecular weight excluding hydrogens is 267 g/mol. The molecule has 0 saturated heterocycles. The van der Waals surface area contributed by atoms with Crippen LogP contribution in [0.4, 0.5) is 4.39 Å². The number of rotatable bonds is 3. The van der Waals surface area contributed by atoms with Gasteiger partial charge in [0.1, 0.15) is 5.82 Å².